The van der Waals surface area contributed by atoms with Crippen molar-refractivity contribution in [1.29, 1.82) is 0 Å². The number of hydrogen-bond donors (Lipinski definition) is 4. The van der Waals surface area contributed by atoms with Crippen molar-refractivity contribution >= 4 is 33.6 Å². The number of allylic oxidation sites excluding steroid dienone is 28. The Hall–Kier alpha value is -5.09. The molecule has 0 saturated carbocycles. The Morgan fingerprint density at radius 1 is 0.267 bits per heavy atom. The Morgan fingerprint density at radius 3 is 0.810 bits per heavy atom. The Morgan fingerprint density at radius 2 is 0.495 bits per heavy atom. The van der Waals surface area contributed by atoms with Crippen molar-refractivity contribution in [3.63, 3.8) is 0 Å². The lowest BCUT2D eigenvalue weighted by Crippen LogP contribution is -2.30. The van der Waals surface area contributed by atoms with Crippen molar-refractivity contribution in [2.75, 3.05) is 39.6 Å². The third-order valence-corrected chi connectivity index (χ3v) is 18.3. The van der Waals surface area contributed by atoms with Gasteiger partial charge in [-0.2, -0.15) is 0 Å². The maximum atomic E-state index is 13.0. The second-order valence-corrected chi connectivity index (χ2v) is 29.3. The van der Waals surface area contributed by atoms with E-state index in [1.165, 1.54) is 89.9 Å². The number of carbonyl (C=O) groups excluding carboxylic acids is 3. The van der Waals surface area contributed by atoms with Gasteiger partial charge in [0.25, 0.3) is 0 Å². The zero-order valence-corrected chi connectivity index (χ0v) is 67.1. The van der Waals surface area contributed by atoms with Gasteiger partial charge in [0, 0.05) is 19.3 Å². The minimum Gasteiger partial charge on any atom is -0.463 e. The molecule has 0 amide bonds. The first kappa shape index (κ1) is 99.9. The molecule has 0 radical (unpaired) electrons. The van der Waals surface area contributed by atoms with Gasteiger partial charge in [0.2, 0.25) is 0 Å². The molecular formula is C87H144O16P2. The summed E-state index contributed by atoms with van der Waals surface area (Å²) in [5, 5.41) is 20.7. The number of aliphatic hydroxyl groups excluding tert-OH is 2. The minimum absolute atomic E-state index is 0.0379. The molecule has 0 aliphatic rings. The van der Waals surface area contributed by atoms with E-state index in [1.54, 1.807) is 0 Å². The van der Waals surface area contributed by atoms with Crippen molar-refractivity contribution in [1.82, 2.24) is 0 Å². The first-order valence-corrected chi connectivity index (χ1v) is 43.4. The van der Waals surface area contributed by atoms with E-state index >= 15 is 0 Å². The number of phosphoric acid groups is 2. The lowest BCUT2D eigenvalue weighted by atomic mass is 10.0. The minimum atomic E-state index is -4.96. The van der Waals surface area contributed by atoms with Gasteiger partial charge in [-0.15, -0.1) is 0 Å². The summed E-state index contributed by atoms with van der Waals surface area (Å²) in [6.45, 7) is 2.24. The molecule has 0 saturated heterocycles. The number of esters is 3. The molecule has 0 spiro atoms. The molecule has 5 unspecified atom stereocenters. The molecule has 16 nitrogen and oxygen atoms in total. The summed E-state index contributed by atoms with van der Waals surface area (Å²) in [5.41, 5.74) is 0. The summed E-state index contributed by atoms with van der Waals surface area (Å²) >= 11 is 0. The van der Waals surface area contributed by atoms with Gasteiger partial charge in [-0.05, 0) is 135 Å². The van der Waals surface area contributed by atoms with Gasteiger partial charge >= 0.3 is 33.6 Å². The first-order valence-electron chi connectivity index (χ1n) is 40.4. The fraction of sp³-hybridized carbons (Fsp3) is 0.644. The van der Waals surface area contributed by atoms with Crippen LogP contribution in [-0.4, -0.2) is 95.9 Å². The second-order valence-electron chi connectivity index (χ2n) is 26.4. The number of aliphatic hydroxyl groups is 2. The average Bonchev–Trinajstić information content (AvgIpc) is 0.915. The molecule has 5 atom stereocenters. The summed E-state index contributed by atoms with van der Waals surface area (Å²) in [5.74, 6) is -1.69. The van der Waals surface area contributed by atoms with Gasteiger partial charge in [-0.3, -0.25) is 32.5 Å². The molecule has 4 N–H and O–H groups in total. The molecule has 0 rings (SSSR count). The zero-order chi connectivity index (χ0) is 76.6. The molecule has 598 valence electrons. The summed E-state index contributed by atoms with van der Waals surface area (Å²) in [7, 11) is -9.82. The van der Waals surface area contributed by atoms with Crippen LogP contribution >= 0.6 is 15.6 Å². The van der Waals surface area contributed by atoms with Crippen LogP contribution in [-0.2, 0) is 55.8 Å². The van der Waals surface area contributed by atoms with Crippen LogP contribution in [0.25, 0.3) is 0 Å². The Bertz CT molecular complexity index is 2590. The largest absolute Gasteiger partial charge is 0.472 e. The van der Waals surface area contributed by atoms with E-state index in [-0.39, 0.29) is 19.3 Å². The highest BCUT2D eigenvalue weighted by atomic mass is 31.2. The second kappa shape index (κ2) is 78.5. The van der Waals surface area contributed by atoms with Crippen LogP contribution in [0.1, 0.15) is 303 Å². The van der Waals surface area contributed by atoms with Crippen LogP contribution < -0.4 is 0 Å². The standard InChI is InChI=1S/C87H144O16P2/c1-4-7-10-13-16-19-22-25-28-31-33-34-35-36-37-38-39-40-41-42-43-44-45-46-48-51-52-55-58-61-64-67-70-73-85(90)97-76-82(88)77-99-104(93,94)100-78-83(89)79-101-105(95,96)102-81-84(103-87(92)75-72-69-66-63-60-57-54-49-30-27-24-21-18-15-12-9-6-3)80-98-86(91)74-71-68-65-62-59-56-53-50-47-32-29-26-23-20-17-14-11-8-5-2/h7-12,16-21,25-30,33-34,36-37,47,50,56,59,65,68,82-84,88-89H,4-6,13-15,22-24,31-32,35,38-46,48-49,51-55,57-58,60-64,66-67,69-81H2,1-3H3,(H,93,94)(H,95,96)/b10-7-,11-8-,12-9-,19-16-,20-17-,21-18-,28-25-,29-26-,30-27-,34-33-,37-36-,50-47-,59-56-,68-65-. The van der Waals surface area contributed by atoms with Crippen LogP contribution in [0.3, 0.4) is 0 Å². The monoisotopic (exact) mass is 1510 g/mol. The predicted octanol–water partition coefficient (Wildman–Crippen LogP) is 24.0. The van der Waals surface area contributed by atoms with Crippen molar-refractivity contribution in [2.24, 2.45) is 0 Å². The molecule has 0 bridgehead atoms. The van der Waals surface area contributed by atoms with Crippen LogP contribution in [0.5, 0.6) is 0 Å². The van der Waals surface area contributed by atoms with Gasteiger partial charge in [-0.1, -0.05) is 319 Å². The number of rotatable bonds is 75. The van der Waals surface area contributed by atoms with Gasteiger partial charge in [0.15, 0.2) is 6.10 Å². The van der Waals surface area contributed by atoms with Crippen LogP contribution in [0, 0.1) is 0 Å². The topological polar surface area (TPSA) is 231 Å². The quantitative estimate of drug-likeness (QED) is 0.0146. The summed E-state index contributed by atoms with van der Waals surface area (Å²) < 4.78 is 61.1. The molecule has 0 heterocycles. The molecular weight excluding hydrogens is 1360 g/mol. The number of unbranched alkanes of at least 4 members (excludes halogenated alkanes) is 24. The zero-order valence-electron chi connectivity index (χ0n) is 65.3. The maximum absolute atomic E-state index is 13.0. The Balaban J connectivity index is 4.52. The van der Waals surface area contributed by atoms with Crippen molar-refractivity contribution in [3.8, 4) is 0 Å². The van der Waals surface area contributed by atoms with Gasteiger partial charge in [0.1, 0.15) is 25.4 Å². The van der Waals surface area contributed by atoms with Crippen LogP contribution in [0.2, 0.25) is 0 Å². The number of phosphoric ester groups is 2. The van der Waals surface area contributed by atoms with Crippen LogP contribution in [0.15, 0.2) is 170 Å². The van der Waals surface area contributed by atoms with Crippen molar-refractivity contribution < 1.29 is 75.8 Å². The van der Waals surface area contributed by atoms with Crippen molar-refractivity contribution in [2.45, 2.75) is 322 Å². The fourth-order valence-corrected chi connectivity index (χ4v) is 12.0. The highest BCUT2D eigenvalue weighted by Gasteiger charge is 2.29. The maximum Gasteiger partial charge on any atom is 0.472 e. The molecule has 0 aliphatic carbocycles. The molecule has 0 fully saturated rings. The lowest BCUT2D eigenvalue weighted by molar-refractivity contribution is -0.161. The summed E-state index contributed by atoms with van der Waals surface area (Å²) in [6.07, 6.45) is 100. The summed E-state index contributed by atoms with van der Waals surface area (Å²) in [4.78, 5) is 58.6. The Labute approximate surface area is 637 Å². The Kier molecular flexibility index (Phi) is 74.7. The number of carbonyl (C=O) groups is 3. The van der Waals surface area contributed by atoms with E-state index < -0.39 is 91.5 Å². The first-order chi connectivity index (χ1) is 51.2. The SMILES string of the molecule is CC/C=C\C/C=C\C/C=C\C/C=C\C/C=C\C/C=C\CCC(=O)OCC(COP(=O)(O)OCC(O)COP(=O)(O)OCC(O)COC(=O)CCCCCCCCCCCCCCCCCCC/C=C\C/C=C\C/C=C\C/C=C\C/C=C\CC)OC(=O)CCCCCCCCC/C=C\C/C=C\C/C=C\CC. The molecule has 105 heavy (non-hydrogen) atoms. The molecule has 0 aromatic rings. The summed E-state index contributed by atoms with van der Waals surface area (Å²) in [6, 6.07) is 0. The van der Waals surface area contributed by atoms with E-state index in [9.17, 15) is 43.5 Å². The highest BCUT2D eigenvalue weighted by molar-refractivity contribution is 7.47. The highest BCUT2D eigenvalue weighted by Crippen LogP contribution is 2.45. The van der Waals surface area contributed by atoms with Gasteiger partial charge in [0.05, 0.1) is 26.4 Å². The van der Waals surface area contributed by atoms with E-state index in [0.29, 0.717) is 25.7 Å². The van der Waals surface area contributed by atoms with E-state index in [4.69, 9.17) is 32.3 Å². The van der Waals surface area contributed by atoms with Crippen molar-refractivity contribution in [3.05, 3.63) is 170 Å². The number of ether oxygens (including phenoxy) is 3. The fourth-order valence-electron chi connectivity index (χ4n) is 10.4. The third kappa shape index (κ3) is 79.8. The normalized spacial score (nSPS) is 14.8. The molecule has 0 aliphatic heterocycles. The van der Waals surface area contributed by atoms with E-state index in [0.717, 1.165) is 148 Å². The lowest BCUT2D eigenvalue weighted by Gasteiger charge is -2.21. The number of hydrogen-bond acceptors (Lipinski definition) is 14. The molecule has 18 heteroatoms. The average molecular weight is 1510 g/mol. The predicted molar refractivity (Wildman–Crippen MR) is 435 cm³/mol. The van der Waals surface area contributed by atoms with Gasteiger partial charge < -0.3 is 34.2 Å². The van der Waals surface area contributed by atoms with E-state index in [1.807, 2.05) is 18.2 Å². The van der Waals surface area contributed by atoms with Gasteiger partial charge in [-0.25, -0.2) is 9.13 Å². The van der Waals surface area contributed by atoms with Crippen LogP contribution in [0.4, 0.5) is 0 Å². The smallest absolute Gasteiger partial charge is 0.463 e. The third-order valence-electron chi connectivity index (χ3n) is 16.4. The molecule has 0 aromatic carbocycles. The van der Waals surface area contributed by atoms with E-state index in [2.05, 4.69) is 173 Å². The molecule has 0 aromatic heterocycles.